The van der Waals surface area contributed by atoms with Crippen molar-refractivity contribution >= 4 is 28.7 Å². The fraction of sp³-hybridized carbons (Fsp3) is 0.615. The van der Waals surface area contributed by atoms with Gasteiger partial charge in [-0.2, -0.15) is 5.10 Å². The molecule has 0 N–H and O–H groups in total. The molecule has 110 valence electrons. The molecule has 2 aromatic rings. The van der Waals surface area contributed by atoms with Crippen LogP contribution in [0.5, 0.6) is 0 Å². The molecule has 0 spiro atoms. The van der Waals surface area contributed by atoms with Crippen LogP contribution in [0.1, 0.15) is 37.8 Å². The van der Waals surface area contributed by atoms with E-state index < -0.39 is 6.04 Å². The van der Waals surface area contributed by atoms with Gasteiger partial charge in [-0.05, 0) is 13.3 Å². The van der Waals surface area contributed by atoms with E-state index in [2.05, 4.69) is 17.0 Å². The Balaban J connectivity index is 2.65. The zero-order valence-corrected chi connectivity index (χ0v) is 12.9. The molecule has 0 saturated heterocycles. The number of esters is 1. The van der Waals surface area contributed by atoms with Gasteiger partial charge in [0.05, 0.1) is 18.7 Å². The fourth-order valence-electron chi connectivity index (χ4n) is 2.43. The van der Waals surface area contributed by atoms with Gasteiger partial charge in [-0.15, -0.1) is 11.6 Å². The van der Waals surface area contributed by atoms with Crippen molar-refractivity contribution in [1.82, 2.24) is 19.3 Å². The maximum atomic E-state index is 11.8. The molecule has 6 nitrogen and oxygen atoms in total. The van der Waals surface area contributed by atoms with Crippen LogP contribution in [0, 0.1) is 0 Å². The summed E-state index contributed by atoms with van der Waals surface area (Å²) in [6.45, 7) is 3.87. The predicted octanol–water partition coefficient (Wildman–Crippen LogP) is 2.20. The van der Waals surface area contributed by atoms with Crippen molar-refractivity contribution in [2.24, 2.45) is 7.05 Å². The largest absolute Gasteiger partial charge is 0.467 e. The standard InChI is InChI=1S/C13H19ClN4O2/c1-5-6-9-11-12(17(3)16-9)18(10(7-14)15-11)8(2)13(19)20-4/h8H,5-7H2,1-4H3. The van der Waals surface area contributed by atoms with Gasteiger partial charge >= 0.3 is 5.97 Å². The van der Waals surface area contributed by atoms with Gasteiger partial charge in [0.15, 0.2) is 5.65 Å². The van der Waals surface area contributed by atoms with Crippen LogP contribution >= 0.6 is 11.6 Å². The van der Waals surface area contributed by atoms with Gasteiger partial charge in [0.2, 0.25) is 0 Å². The van der Waals surface area contributed by atoms with Gasteiger partial charge < -0.3 is 4.74 Å². The van der Waals surface area contributed by atoms with Gasteiger partial charge in [-0.1, -0.05) is 13.3 Å². The molecule has 1 atom stereocenters. The van der Waals surface area contributed by atoms with Gasteiger partial charge in [-0.3, -0.25) is 9.25 Å². The van der Waals surface area contributed by atoms with E-state index in [1.807, 2.05) is 7.05 Å². The van der Waals surface area contributed by atoms with Crippen molar-refractivity contribution in [3.63, 3.8) is 0 Å². The van der Waals surface area contributed by atoms with Crippen LogP contribution in [-0.4, -0.2) is 32.4 Å². The Morgan fingerprint density at radius 1 is 1.50 bits per heavy atom. The van der Waals surface area contributed by atoms with E-state index >= 15 is 0 Å². The molecule has 0 aliphatic carbocycles. The highest BCUT2D eigenvalue weighted by Gasteiger charge is 2.25. The minimum atomic E-state index is -0.483. The Kier molecular flexibility index (Phi) is 4.32. The molecule has 2 rings (SSSR count). The molecular formula is C13H19ClN4O2. The number of halogens is 1. The number of nitrogens with zero attached hydrogens (tertiary/aromatic N) is 4. The average molecular weight is 299 g/mol. The van der Waals surface area contributed by atoms with Gasteiger partial charge in [0.1, 0.15) is 17.4 Å². The molecular weight excluding hydrogens is 280 g/mol. The molecule has 0 amide bonds. The molecule has 20 heavy (non-hydrogen) atoms. The first-order chi connectivity index (χ1) is 9.54. The minimum Gasteiger partial charge on any atom is -0.467 e. The van der Waals surface area contributed by atoms with Crippen LogP contribution in [0.15, 0.2) is 0 Å². The normalized spacial score (nSPS) is 12.8. The number of carbonyl (C=O) groups excluding carboxylic acids is 1. The summed E-state index contributed by atoms with van der Waals surface area (Å²) in [5.41, 5.74) is 2.56. The number of hydrogen-bond donors (Lipinski definition) is 0. The SMILES string of the molecule is CCCc1nn(C)c2c1nc(CCl)n2C(C)C(=O)OC. The molecule has 0 aromatic carbocycles. The second kappa shape index (κ2) is 5.83. The summed E-state index contributed by atoms with van der Waals surface area (Å²) in [6, 6.07) is -0.483. The van der Waals surface area contributed by atoms with E-state index in [4.69, 9.17) is 16.3 Å². The van der Waals surface area contributed by atoms with Crippen molar-refractivity contribution < 1.29 is 9.53 Å². The molecule has 0 saturated carbocycles. The van der Waals surface area contributed by atoms with Crippen molar-refractivity contribution in [3.8, 4) is 0 Å². The number of hydrogen-bond acceptors (Lipinski definition) is 4. The number of rotatable bonds is 5. The highest BCUT2D eigenvalue weighted by molar-refractivity contribution is 6.16. The summed E-state index contributed by atoms with van der Waals surface area (Å²) in [5.74, 6) is 0.570. The number of alkyl halides is 1. The summed E-state index contributed by atoms with van der Waals surface area (Å²) < 4.78 is 8.38. The maximum absolute atomic E-state index is 11.8. The summed E-state index contributed by atoms with van der Waals surface area (Å²) >= 11 is 5.97. The van der Waals surface area contributed by atoms with Crippen LogP contribution < -0.4 is 0 Å². The summed E-state index contributed by atoms with van der Waals surface area (Å²) in [5, 5.41) is 4.48. The number of methoxy groups -OCH3 is 1. The smallest absolute Gasteiger partial charge is 0.328 e. The quantitative estimate of drug-likeness (QED) is 0.627. The maximum Gasteiger partial charge on any atom is 0.328 e. The van der Waals surface area contributed by atoms with Gasteiger partial charge in [0.25, 0.3) is 0 Å². The predicted molar refractivity (Wildman–Crippen MR) is 76.8 cm³/mol. The van der Waals surface area contributed by atoms with Crippen LogP contribution in [-0.2, 0) is 28.9 Å². The third-order valence-electron chi connectivity index (χ3n) is 3.35. The number of fused-ring (bicyclic) bond motifs is 1. The van der Waals surface area contributed by atoms with Crippen molar-refractivity contribution in [2.45, 2.75) is 38.6 Å². The Labute approximate surface area is 122 Å². The number of aryl methyl sites for hydroxylation is 2. The van der Waals surface area contributed by atoms with E-state index in [0.29, 0.717) is 5.82 Å². The fourth-order valence-corrected chi connectivity index (χ4v) is 2.62. The highest BCUT2D eigenvalue weighted by atomic mass is 35.5. The van der Waals surface area contributed by atoms with E-state index in [0.717, 1.165) is 29.7 Å². The van der Waals surface area contributed by atoms with Gasteiger partial charge in [-0.25, -0.2) is 9.78 Å². The van der Waals surface area contributed by atoms with E-state index in [1.54, 1.807) is 16.2 Å². The Bertz CT molecular complexity index is 632. The Morgan fingerprint density at radius 3 is 2.75 bits per heavy atom. The zero-order chi connectivity index (χ0) is 14.9. The number of ether oxygens (including phenoxy) is 1. The Morgan fingerprint density at radius 2 is 2.20 bits per heavy atom. The molecule has 7 heteroatoms. The van der Waals surface area contributed by atoms with Crippen molar-refractivity contribution in [1.29, 1.82) is 0 Å². The highest BCUT2D eigenvalue weighted by Crippen LogP contribution is 2.25. The third-order valence-corrected chi connectivity index (χ3v) is 3.58. The van der Waals surface area contributed by atoms with Crippen LogP contribution in [0.2, 0.25) is 0 Å². The lowest BCUT2D eigenvalue weighted by Crippen LogP contribution is -2.20. The third kappa shape index (κ3) is 2.28. The summed E-state index contributed by atoms with van der Waals surface area (Å²) in [6.07, 6.45) is 1.84. The number of aromatic nitrogens is 4. The molecule has 2 heterocycles. The first kappa shape index (κ1) is 14.8. The van der Waals surface area contributed by atoms with Crippen molar-refractivity contribution in [2.75, 3.05) is 7.11 Å². The topological polar surface area (TPSA) is 61.9 Å². The molecule has 0 radical (unpaired) electrons. The van der Waals surface area contributed by atoms with E-state index in [1.165, 1.54) is 7.11 Å². The average Bonchev–Trinajstić information content (AvgIpc) is 2.96. The summed E-state index contributed by atoms with van der Waals surface area (Å²) in [7, 11) is 3.22. The molecule has 0 aliphatic heterocycles. The second-order valence-corrected chi connectivity index (χ2v) is 4.99. The van der Waals surface area contributed by atoms with Crippen LogP contribution in [0.25, 0.3) is 11.2 Å². The molecule has 1 unspecified atom stereocenters. The molecule has 0 aliphatic rings. The van der Waals surface area contributed by atoms with Crippen molar-refractivity contribution in [3.05, 3.63) is 11.5 Å². The molecule has 2 aromatic heterocycles. The molecule has 0 bridgehead atoms. The summed E-state index contributed by atoms with van der Waals surface area (Å²) in [4.78, 5) is 16.4. The first-order valence-corrected chi connectivity index (χ1v) is 7.15. The first-order valence-electron chi connectivity index (χ1n) is 6.61. The Hall–Kier alpha value is -1.56. The van der Waals surface area contributed by atoms with E-state index in [9.17, 15) is 4.79 Å². The molecule has 0 fully saturated rings. The number of carbonyl (C=O) groups is 1. The lowest BCUT2D eigenvalue weighted by Gasteiger charge is -2.14. The lowest BCUT2D eigenvalue weighted by molar-refractivity contribution is -0.144. The van der Waals surface area contributed by atoms with Gasteiger partial charge in [0, 0.05) is 7.05 Å². The monoisotopic (exact) mass is 298 g/mol. The van der Waals surface area contributed by atoms with E-state index in [-0.39, 0.29) is 11.8 Å². The number of imidazole rings is 1. The van der Waals surface area contributed by atoms with Crippen LogP contribution in [0.4, 0.5) is 0 Å². The zero-order valence-electron chi connectivity index (χ0n) is 12.2. The lowest BCUT2D eigenvalue weighted by atomic mass is 10.2. The minimum absolute atomic E-state index is 0.238. The van der Waals surface area contributed by atoms with Crippen LogP contribution in [0.3, 0.4) is 0 Å². The second-order valence-electron chi connectivity index (χ2n) is 4.72.